The second-order valence-corrected chi connectivity index (χ2v) is 8.34. The summed E-state index contributed by atoms with van der Waals surface area (Å²) in [4.78, 5) is 11.8. The van der Waals surface area contributed by atoms with Crippen molar-refractivity contribution in [3.05, 3.63) is 23.2 Å². The Bertz CT molecular complexity index is 947. The number of H-pyrrole nitrogens is 1. The van der Waals surface area contributed by atoms with Crippen LogP contribution in [0.5, 0.6) is 0 Å². The zero-order valence-electron chi connectivity index (χ0n) is 13.6. The van der Waals surface area contributed by atoms with Gasteiger partial charge in [-0.15, -0.1) is 11.3 Å². The van der Waals surface area contributed by atoms with Crippen molar-refractivity contribution in [2.75, 3.05) is 23.3 Å². The summed E-state index contributed by atoms with van der Waals surface area (Å²) in [6.07, 6.45) is 2.52. The number of aromatic nitrogens is 4. The van der Waals surface area contributed by atoms with Crippen LogP contribution in [0.4, 0.5) is 17.6 Å². The number of thiophene rings is 1. The SMILES string of the molecule is N[C@@H]1[C@H]2CN(c3nc(Nc4cc(C5CC5)[nH]n4)c4sccc4n3)C[C@@H]12. The van der Waals surface area contributed by atoms with Crippen molar-refractivity contribution in [1.29, 1.82) is 0 Å². The van der Waals surface area contributed by atoms with Gasteiger partial charge in [-0.05, 0) is 36.1 Å². The maximum absolute atomic E-state index is 6.06. The fourth-order valence-corrected chi connectivity index (χ4v) is 4.71. The Morgan fingerprint density at radius 2 is 2.08 bits per heavy atom. The number of piperidine rings is 1. The molecule has 0 bridgehead atoms. The Morgan fingerprint density at radius 1 is 1.24 bits per heavy atom. The number of hydrogen-bond acceptors (Lipinski definition) is 7. The van der Waals surface area contributed by atoms with Crippen LogP contribution in [-0.2, 0) is 0 Å². The normalized spacial score (nSPS) is 27.7. The van der Waals surface area contributed by atoms with Gasteiger partial charge in [0.05, 0.1) is 10.2 Å². The fourth-order valence-electron chi connectivity index (χ4n) is 3.94. The largest absolute Gasteiger partial charge is 0.340 e. The molecule has 4 N–H and O–H groups in total. The van der Waals surface area contributed by atoms with Gasteiger partial charge in [-0.1, -0.05) is 0 Å². The van der Waals surface area contributed by atoms with Crippen molar-refractivity contribution in [2.45, 2.75) is 24.8 Å². The summed E-state index contributed by atoms with van der Waals surface area (Å²) in [6, 6.07) is 4.53. The first-order chi connectivity index (χ1) is 12.3. The number of nitrogens with one attached hydrogen (secondary N) is 2. The summed E-state index contributed by atoms with van der Waals surface area (Å²) < 4.78 is 1.07. The zero-order chi connectivity index (χ0) is 16.5. The molecule has 0 amide bonds. The van der Waals surface area contributed by atoms with Crippen LogP contribution >= 0.6 is 11.3 Å². The number of anilines is 3. The molecule has 0 unspecified atom stereocenters. The van der Waals surface area contributed by atoms with Crippen molar-refractivity contribution in [3.63, 3.8) is 0 Å². The minimum Gasteiger partial charge on any atom is -0.340 e. The lowest BCUT2D eigenvalue weighted by molar-refractivity contribution is 0.727. The predicted molar refractivity (Wildman–Crippen MR) is 98.4 cm³/mol. The Kier molecular flexibility index (Phi) is 2.76. The molecule has 2 saturated carbocycles. The van der Waals surface area contributed by atoms with Gasteiger partial charge >= 0.3 is 0 Å². The molecule has 3 atom stereocenters. The van der Waals surface area contributed by atoms with E-state index in [1.807, 2.05) is 0 Å². The molecule has 0 radical (unpaired) electrons. The quantitative estimate of drug-likeness (QED) is 0.667. The standard InChI is InChI=1S/C17H19N7S/c18-14-9-6-24(7-10(9)14)17-19-11-3-4-25-15(11)16(21-17)20-13-5-12(22-23-13)8-1-2-8/h3-5,8-10,14H,1-2,6-7,18H2,(H2,19,20,21,22,23)/t9-,10+,14+. The van der Waals surface area contributed by atoms with E-state index in [1.54, 1.807) is 11.3 Å². The second kappa shape index (κ2) is 4.92. The van der Waals surface area contributed by atoms with Crippen LogP contribution in [0.2, 0.25) is 0 Å². The Labute approximate surface area is 148 Å². The van der Waals surface area contributed by atoms with Gasteiger partial charge in [0.1, 0.15) is 0 Å². The molecule has 1 saturated heterocycles. The number of aromatic amines is 1. The van der Waals surface area contributed by atoms with Gasteiger partial charge in [0.2, 0.25) is 5.95 Å². The van der Waals surface area contributed by atoms with E-state index in [0.717, 1.165) is 40.9 Å². The Hall–Kier alpha value is -2.19. The number of rotatable bonds is 4. The number of nitrogens with two attached hydrogens (primary N) is 1. The molecule has 128 valence electrons. The minimum absolute atomic E-state index is 0.378. The second-order valence-electron chi connectivity index (χ2n) is 7.43. The van der Waals surface area contributed by atoms with Gasteiger partial charge in [0.15, 0.2) is 11.6 Å². The highest BCUT2D eigenvalue weighted by atomic mass is 32.1. The third-order valence-electron chi connectivity index (χ3n) is 5.70. The van der Waals surface area contributed by atoms with Crippen LogP contribution in [-0.4, -0.2) is 39.3 Å². The molecule has 2 aliphatic carbocycles. The molecule has 3 aromatic rings. The van der Waals surface area contributed by atoms with Crippen LogP contribution in [0.25, 0.3) is 10.2 Å². The lowest BCUT2D eigenvalue weighted by Crippen LogP contribution is -2.29. The highest BCUT2D eigenvalue weighted by molar-refractivity contribution is 7.17. The smallest absolute Gasteiger partial charge is 0.227 e. The van der Waals surface area contributed by atoms with Crippen molar-refractivity contribution < 1.29 is 0 Å². The van der Waals surface area contributed by atoms with Gasteiger partial charge in [0, 0.05) is 36.8 Å². The average molecular weight is 353 g/mol. The van der Waals surface area contributed by atoms with Crippen LogP contribution in [0.15, 0.2) is 17.5 Å². The molecule has 0 spiro atoms. The van der Waals surface area contributed by atoms with Gasteiger partial charge in [-0.3, -0.25) is 5.10 Å². The third kappa shape index (κ3) is 2.24. The Morgan fingerprint density at radius 3 is 2.88 bits per heavy atom. The molecular weight excluding hydrogens is 334 g/mol. The van der Waals surface area contributed by atoms with E-state index in [1.165, 1.54) is 18.5 Å². The molecule has 3 aromatic heterocycles. The minimum atomic E-state index is 0.378. The van der Waals surface area contributed by atoms with Crippen molar-refractivity contribution >= 4 is 39.1 Å². The number of fused-ring (bicyclic) bond motifs is 2. The lowest BCUT2D eigenvalue weighted by Gasteiger charge is -2.19. The lowest BCUT2D eigenvalue weighted by atomic mass is 10.3. The molecule has 25 heavy (non-hydrogen) atoms. The molecule has 1 aliphatic heterocycles. The summed E-state index contributed by atoms with van der Waals surface area (Å²) in [6.45, 7) is 1.93. The molecule has 3 aliphatic rings. The van der Waals surface area contributed by atoms with Crippen molar-refractivity contribution in [1.82, 2.24) is 20.2 Å². The first kappa shape index (κ1) is 14.0. The van der Waals surface area contributed by atoms with Gasteiger partial charge < -0.3 is 16.0 Å². The molecule has 4 heterocycles. The maximum atomic E-state index is 6.06. The first-order valence-electron chi connectivity index (χ1n) is 8.84. The van der Waals surface area contributed by atoms with E-state index < -0.39 is 0 Å². The highest BCUT2D eigenvalue weighted by Gasteiger charge is 2.54. The summed E-state index contributed by atoms with van der Waals surface area (Å²) in [5.41, 5.74) is 8.26. The van der Waals surface area contributed by atoms with E-state index in [4.69, 9.17) is 15.7 Å². The van der Waals surface area contributed by atoms with E-state index in [-0.39, 0.29) is 0 Å². The van der Waals surface area contributed by atoms with Crippen LogP contribution in [0.3, 0.4) is 0 Å². The van der Waals surface area contributed by atoms with E-state index in [9.17, 15) is 0 Å². The fraction of sp³-hybridized carbons (Fsp3) is 0.471. The summed E-state index contributed by atoms with van der Waals surface area (Å²) in [5, 5.41) is 13.0. The van der Waals surface area contributed by atoms with Crippen LogP contribution in [0.1, 0.15) is 24.5 Å². The van der Waals surface area contributed by atoms with Gasteiger partial charge in [0.25, 0.3) is 0 Å². The first-order valence-corrected chi connectivity index (χ1v) is 9.72. The summed E-state index contributed by atoms with van der Waals surface area (Å²) >= 11 is 1.66. The van der Waals surface area contributed by atoms with Gasteiger partial charge in [-0.25, -0.2) is 4.98 Å². The predicted octanol–water partition coefficient (Wildman–Crippen LogP) is 2.43. The summed E-state index contributed by atoms with van der Waals surface area (Å²) in [7, 11) is 0. The molecular formula is C17H19N7S. The van der Waals surface area contributed by atoms with E-state index in [0.29, 0.717) is 23.8 Å². The molecule has 6 rings (SSSR count). The van der Waals surface area contributed by atoms with E-state index >= 15 is 0 Å². The zero-order valence-corrected chi connectivity index (χ0v) is 14.5. The van der Waals surface area contributed by atoms with E-state index in [2.05, 4.69) is 37.9 Å². The molecule has 7 nitrogen and oxygen atoms in total. The van der Waals surface area contributed by atoms with Gasteiger partial charge in [-0.2, -0.15) is 10.1 Å². The number of nitrogens with zero attached hydrogens (tertiary/aromatic N) is 4. The third-order valence-corrected chi connectivity index (χ3v) is 6.61. The average Bonchev–Trinajstić information content (AvgIpc) is 3.30. The highest BCUT2D eigenvalue weighted by Crippen LogP contribution is 2.45. The van der Waals surface area contributed by atoms with Crippen LogP contribution in [0, 0.1) is 11.8 Å². The monoisotopic (exact) mass is 353 g/mol. The Balaban J connectivity index is 1.33. The molecule has 8 heteroatoms. The maximum Gasteiger partial charge on any atom is 0.227 e. The number of hydrogen-bond donors (Lipinski definition) is 3. The summed E-state index contributed by atoms with van der Waals surface area (Å²) in [5.74, 6) is 4.36. The van der Waals surface area contributed by atoms with Crippen molar-refractivity contribution in [3.8, 4) is 0 Å². The van der Waals surface area contributed by atoms with Crippen molar-refractivity contribution in [2.24, 2.45) is 17.6 Å². The van der Waals surface area contributed by atoms with Crippen LogP contribution < -0.4 is 16.0 Å². The topological polar surface area (TPSA) is 95.8 Å². The molecule has 3 fully saturated rings. The molecule has 0 aromatic carbocycles.